The first kappa shape index (κ1) is 49.0. The molecule has 1 aromatic heterocycles. The SMILES string of the molecule is Cc1ncsc1-c1ccc(CNC(=O)[C@@H]2C[C@@H](O)CN2C(=O)[C@@H](NC(=O)COCC2CC3(C2)CC(COc2ccc(N4C(=S)N(c5ccc(C#N)c(Cl)c5)C(=O)C4(C)C)cc2)C3)C(C)(C)C)cc1. The zero-order valence-corrected chi connectivity index (χ0v) is 41.6. The van der Waals surface area contributed by atoms with Gasteiger partial charge < -0.3 is 35.0 Å². The van der Waals surface area contributed by atoms with E-state index in [2.05, 4.69) is 15.6 Å². The van der Waals surface area contributed by atoms with Gasteiger partial charge in [0.05, 0.1) is 51.7 Å². The Kier molecular flexibility index (Phi) is 14.1. The Hall–Kier alpha value is -5.44. The van der Waals surface area contributed by atoms with Gasteiger partial charge in [0.2, 0.25) is 17.7 Å². The molecule has 4 amide bonds. The lowest BCUT2D eigenvalue weighted by molar-refractivity contribution is -0.145. The van der Waals surface area contributed by atoms with Gasteiger partial charge in [0.25, 0.3) is 5.91 Å². The Balaban J connectivity index is 0.751. The summed E-state index contributed by atoms with van der Waals surface area (Å²) in [5, 5.41) is 26.3. The molecule has 1 spiro atoms. The first-order valence-electron chi connectivity index (χ1n) is 23.0. The molecule has 2 saturated heterocycles. The van der Waals surface area contributed by atoms with Crippen LogP contribution in [0.2, 0.25) is 5.02 Å². The maximum absolute atomic E-state index is 14.1. The van der Waals surface area contributed by atoms with Crippen LogP contribution in [0.1, 0.15) is 83.5 Å². The number of hydrogen-bond donors (Lipinski definition) is 3. The predicted molar refractivity (Wildman–Crippen MR) is 265 cm³/mol. The number of ether oxygens (including phenoxy) is 2. The Labute approximate surface area is 411 Å². The minimum Gasteiger partial charge on any atom is -0.493 e. The summed E-state index contributed by atoms with van der Waals surface area (Å²) in [5.74, 6) is 0.129. The molecule has 2 aliphatic carbocycles. The van der Waals surface area contributed by atoms with Gasteiger partial charge in [-0.2, -0.15) is 5.26 Å². The van der Waals surface area contributed by atoms with Crippen LogP contribution in [0.15, 0.2) is 72.2 Å². The van der Waals surface area contributed by atoms with Gasteiger partial charge in [-0.1, -0.05) is 56.6 Å². The number of halogens is 1. The monoisotopic (exact) mass is 979 g/mol. The molecule has 2 saturated carbocycles. The molecular formula is C51H58ClN7O7S2. The molecule has 14 nitrogen and oxygen atoms in total. The van der Waals surface area contributed by atoms with E-state index in [1.165, 1.54) is 9.80 Å². The molecular weight excluding hydrogens is 922 g/mol. The van der Waals surface area contributed by atoms with Gasteiger partial charge in [-0.05, 0) is 135 Å². The van der Waals surface area contributed by atoms with Crippen LogP contribution in [0.25, 0.3) is 10.4 Å². The van der Waals surface area contributed by atoms with Crippen molar-refractivity contribution in [3.63, 3.8) is 0 Å². The second kappa shape index (κ2) is 19.5. The van der Waals surface area contributed by atoms with Crippen LogP contribution in [-0.2, 0) is 30.5 Å². The number of thiazole rings is 1. The van der Waals surface area contributed by atoms with Crippen molar-refractivity contribution >= 4 is 75.3 Å². The van der Waals surface area contributed by atoms with Gasteiger partial charge in [-0.15, -0.1) is 11.3 Å². The summed E-state index contributed by atoms with van der Waals surface area (Å²) in [4.78, 5) is 64.5. The number of benzene rings is 3. The Bertz CT molecular complexity index is 2610. The number of amides is 4. The number of nitriles is 1. The molecule has 17 heteroatoms. The number of carbonyl (C=O) groups excluding carboxylic acids is 4. The lowest BCUT2D eigenvalue weighted by atomic mass is 9.48. The number of hydrogen-bond acceptors (Lipinski definition) is 11. The smallest absolute Gasteiger partial charge is 0.259 e. The Morgan fingerprint density at radius 1 is 1.01 bits per heavy atom. The standard InChI is InChI=1S/C51H58ClN7O7S2/c1-30-43(68-29-55-30)34-9-7-31(8-10-34)24-54-45(62)41-18-38(60)25-57(41)46(63)44(49(2,3)4)56-42(61)28-65-26-32-19-51(20-32)21-33(22-51)27-66-39-15-13-36(14-16-39)59-48(67)58(47(64)50(59,5)6)37-12-11-35(23-53)40(52)17-37/h7-17,29,32-33,38,41,44,60H,18-22,24-28H2,1-6H3,(H,54,62)(H,56,61)/t32?,33?,38-,41+,44-,51?/m1/s1. The lowest BCUT2D eigenvalue weighted by Gasteiger charge is -2.57. The molecule has 68 heavy (non-hydrogen) atoms. The largest absolute Gasteiger partial charge is 0.493 e. The van der Waals surface area contributed by atoms with E-state index in [0.717, 1.165) is 58.8 Å². The first-order chi connectivity index (χ1) is 32.3. The summed E-state index contributed by atoms with van der Waals surface area (Å²) in [5.41, 5.74) is 4.95. The molecule has 3 N–H and O–H groups in total. The first-order valence-corrected chi connectivity index (χ1v) is 24.7. The lowest BCUT2D eigenvalue weighted by Crippen LogP contribution is -2.58. The fraction of sp³-hybridized carbons (Fsp3) is 0.471. The van der Waals surface area contributed by atoms with E-state index in [1.807, 2.05) is 107 Å². The minimum atomic E-state index is -0.960. The van der Waals surface area contributed by atoms with Crippen molar-refractivity contribution in [2.45, 2.75) is 104 Å². The van der Waals surface area contributed by atoms with Gasteiger partial charge in [0.15, 0.2) is 5.11 Å². The number of aryl methyl sites for hydroxylation is 1. The highest BCUT2D eigenvalue weighted by molar-refractivity contribution is 7.81. The second-order valence-corrected chi connectivity index (χ2v) is 22.0. The molecule has 3 atom stereocenters. The van der Waals surface area contributed by atoms with E-state index in [4.69, 9.17) is 33.3 Å². The number of aliphatic hydroxyl groups excluding tert-OH is 1. The van der Waals surface area contributed by atoms with Crippen molar-refractivity contribution in [1.82, 2.24) is 20.5 Å². The van der Waals surface area contributed by atoms with Crippen LogP contribution < -0.4 is 25.2 Å². The summed E-state index contributed by atoms with van der Waals surface area (Å²) in [6.45, 7) is 12.3. The van der Waals surface area contributed by atoms with Crippen LogP contribution in [0, 0.1) is 40.9 Å². The van der Waals surface area contributed by atoms with E-state index < -0.39 is 41.0 Å². The zero-order chi connectivity index (χ0) is 48.7. The number of aromatic nitrogens is 1. The molecule has 0 bridgehead atoms. The van der Waals surface area contributed by atoms with Crippen molar-refractivity contribution in [2.24, 2.45) is 22.7 Å². The Morgan fingerprint density at radius 3 is 2.29 bits per heavy atom. The van der Waals surface area contributed by atoms with E-state index in [0.29, 0.717) is 41.4 Å². The number of nitrogens with zero attached hydrogens (tertiary/aromatic N) is 5. The van der Waals surface area contributed by atoms with Crippen LogP contribution >= 0.6 is 35.2 Å². The van der Waals surface area contributed by atoms with Gasteiger partial charge in [-0.3, -0.25) is 24.1 Å². The predicted octanol–water partition coefficient (Wildman–Crippen LogP) is 7.57. The topological polar surface area (TPSA) is 177 Å². The van der Waals surface area contributed by atoms with Gasteiger partial charge >= 0.3 is 0 Å². The number of nitrogens with one attached hydrogen (secondary N) is 2. The van der Waals surface area contributed by atoms with Crippen LogP contribution in [0.3, 0.4) is 0 Å². The number of carbonyl (C=O) groups is 4. The Morgan fingerprint density at radius 2 is 1.68 bits per heavy atom. The third kappa shape index (κ3) is 10.1. The second-order valence-electron chi connectivity index (χ2n) is 20.4. The number of thiocarbonyl (C=S) groups is 1. The van der Waals surface area contributed by atoms with Crippen LogP contribution in [-0.4, -0.2) is 93.8 Å². The fourth-order valence-electron chi connectivity index (χ4n) is 10.3. The molecule has 358 valence electrons. The fourth-order valence-corrected chi connectivity index (χ4v) is 11.8. The van der Waals surface area contributed by atoms with E-state index in [9.17, 15) is 29.5 Å². The average molecular weight is 981 g/mol. The van der Waals surface area contributed by atoms with Crippen molar-refractivity contribution in [1.29, 1.82) is 5.26 Å². The number of anilines is 2. The number of likely N-dealkylation sites (tertiary alicyclic amines) is 1. The van der Waals surface area contributed by atoms with Crippen molar-refractivity contribution in [3.8, 4) is 22.3 Å². The molecule has 4 aliphatic rings. The normalized spacial score (nSPS) is 23.5. The van der Waals surface area contributed by atoms with E-state index >= 15 is 0 Å². The van der Waals surface area contributed by atoms with Crippen LogP contribution in [0.4, 0.5) is 11.4 Å². The summed E-state index contributed by atoms with van der Waals surface area (Å²) in [7, 11) is 0. The van der Waals surface area contributed by atoms with Crippen molar-refractivity contribution < 1.29 is 33.8 Å². The zero-order valence-electron chi connectivity index (χ0n) is 39.2. The summed E-state index contributed by atoms with van der Waals surface area (Å²) >= 11 is 13.7. The number of aliphatic hydroxyl groups is 1. The molecule has 0 unspecified atom stereocenters. The maximum atomic E-state index is 14.1. The molecule has 3 aromatic carbocycles. The molecule has 3 heterocycles. The third-order valence-corrected chi connectivity index (χ3v) is 15.4. The average Bonchev–Trinajstić information content (AvgIpc) is 3.93. The number of β-amino-alcohol motifs (C(OH)–C–C–N with tert-alkyl or cyclic N) is 1. The summed E-state index contributed by atoms with van der Waals surface area (Å²) < 4.78 is 12.1. The number of rotatable bonds is 15. The van der Waals surface area contributed by atoms with Gasteiger partial charge in [-0.25, -0.2) is 4.98 Å². The molecule has 2 aliphatic heterocycles. The molecule has 8 rings (SSSR count). The summed E-state index contributed by atoms with van der Waals surface area (Å²) in [6.07, 6.45) is 3.43. The molecule has 0 radical (unpaired) electrons. The minimum absolute atomic E-state index is 0.00103. The molecule has 4 fully saturated rings. The highest BCUT2D eigenvalue weighted by Crippen LogP contribution is 2.61. The van der Waals surface area contributed by atoms with E-state index in [1.54, 1.807) is 29.5 Å². The van der Waals surface area contributed by atoms with Gasteiger partial charge in [0.1, 0.15) is 36.0 Å². The quantitative estimate of drug-likeness (QED) is 0.100. The van der Waals surface area contributed by atoms with Crippen molar-refractivity contribution in [3.05, 3.63) is 94.1 Å². The highest BCUT2D eigenvalue weighted by atomic mass is 35.5. The summed E-state index contributed by atoms with van der Waals surface area (Å²) in [6, 6.07) is 20.5. The maximum Gasteiger partial charge on any atom is 0.259 e. The molecule has 4 aromatic rings. The van der Waals surface area contributed by atoms with Crippen LogP contribution in [0.5, 0.6) is 5.75 Å². The van der Waals surface area contributed by atoms with Gasteiger partial charge in [0, 0.05) is 25.2 Å². The van der Waals surface area contributed by atoms with Crippen molar-refractivity contribution in [2.75, 3.05) is 36.2 Å². The highest BCUT2D eigenvalue weighted by Gasteiger charge is 2.53. The third-order valence-electron chi connectivity index (χ3n) is 13.8. The van der Waals surface area contributed by atoms with E-state index in [-0.39, 0.29) is 48.4 Å².